The van der Waals surface area contributed by atoms with Gasteiger partial charge < -0.3 is 29.3 Å². The molecule has 9 nitrogen and oxygen atoms in total. The average molecular weight is 385 g/mol. The lowest BCUT2D eigenvalue weighted by molar-refractivity contribution is 0.174. The Morgan fingerprint density at radius 3 is 2.89 bits per heavy atom. The second-order valence-electron chi connectivity index (χ2n) is 6.95. The Morgan fingerprint density at radius 2 is 2.11 bits per heavy atom. The van der Waals surface area contributed by atoms with Crippen molar-refractivity contribution in [2.24, 2.45) is 0 Å². The van der Waals surface area contributed by atoms with Crippen LogP contribution in [-0.4, -0.2) is 61.2 Å². The highest BCUT2D eigenvalue weighted by Crippen LogP contribution is 2.32. The first-order valence-electron chi connectivity index (χ1n) is 9.17. The molecule has 0 radical (unpaired) electrons. The number of amides is 2. The highest BCUT2D eigenvalue weighted by atomic mass is 16.7. The number of carbonyl (C=O) groups excluding carboxylic acids is 1. The van der Waals surface area contributed by atoms with E-state index in [2.05, 4.69) is 15.5 Å². The number of nitrogens with zero attached hydrogens (tertiary/aromatic N) is 4. The van der Waals surface area contributed by atoms with E-state index in [1.54, 1.807) is 11.0 Å². The van der Waals surface area contributed by atoms with E-state index in [1.807, 2.05) is 43.3 Å². The number of likely N-dealkylation sites (tertiary alicyclic amines) is 1. The minimum absolute atomic E-state index is 0.0872. The summed E-state index contributed by atoms with van der Waals surface area (Å²) in [5.74, 6) is 2.68. The predicted molar refractivity (Wildman–Crippen MR) is 102 cm³/mol. The van der Waals surface area contributed by atoms with Gasteiger partial charge in [-0.15, -0.1) is 10.2 Å². The zero-order valence-corrected chi connectivity index (χ0v) is 15.9. The zero-order chi connectivity index (χ0) is 19.5. The van der Waals surface area contributed by atoms with Crippen LogP contribution in [0.15, 0.2) is 30.3 Å². The van der Waals surface area contributed by atoms with Gasteiger partial charge in [0.1, 0.15) is 6.10 Å². The number of aromatic nitrogens is 2. The molecule has 0 spiro atoms. The third-order valence-electron chi connectivity index (χ3n) is 4.68. The highest BCUT2D eigenvalue weighted by molar-refractivity contribution is 5.74. The first-order valence-corrected chi connectivity index (χ1v) is 9.17. The molecule has 0 unspecified atom stereocenters. The summed E-state index contributed by atoms with van der Waals surface area (Å²) < 4.78 is 16.5. The quantitative estimate of drug-likeness (QED) is 0.837. The van der Waals surface area contributed by atoms with Crippen molar-refractivity contribution in [1.82, 2.24) is 20.4 Å². The van der Waals surface area contributed by atoms with Crippen LogP contribution in [0.2, 0.25) is 0 Å². The number of carbonyl (C=O) groups is 1. The molecule has 1 aromatic carbocycles. The van der Waals surface area contributed by atoms with Crippen molar-refractivity contribution in [3.05, 3.63) is 35.9 Å². The van der Waals surface area contributed by atoms with Gasteiger partial charge >= 0.3 is 6.03 Å². The Balaban J connectivity index is 1.26. The molecule has 28 heavy (non-hydrogen) atoms. The van der Waals surface area contributed by atoms with Crippen LogP contribution in [0.25, 0.3) is 0 Å². The van der Waals surface area contributed by atoms with Crippen molar-refractivity contribution in [2.75, 3.05) is 38.9 Å². The van der Waals surface area contributed by atoms with Crippen LogP contribution in [-0.2, 0) is 6.54 Å². The fraction of sp³-hybridized carbons (Fsp3) is 0.421. The highest BCUT2D eigenvalue weighted by Gasteiger charge is 2.28. The minimum Gasteiger partial charge on any atom is -0.471 e. The monoisotopic (exact) mass is 385 g/mol. The van der Waals surface area contributed by atoms with E-state index in [1.165, 1.54) is 0 Å². The fourth-order valence-corrected chi connectivity index (χ4v) is 3.13. The van der Waals surface area contributed by atoms with Gasteiger partial charge in [-0.05, 0) is 23.8 Å². The molecule has 148 valence electrons. The van der Waals surface area contributed by atoms with E-state index in [-0.39, 0.29) is 18.9 Å². The molecule has 1 N–H and O–H groups in total. The molecule has 1 aromatic heterocycles. The predicted octanol–water partition coefficient (Wildman–Crippen LogP) is 1.63. The van der Waals surface area contributed by atoms with Gasteiger partial charge in [0.15, 0.2) is 17.3 Å². The number of benzene rings is 1. The molecular formula is C19H23N5O4. The summed E-state index contributed by atoms with van der Waals surface area (Å²) in [5.41, 5.74) is 0.959. The van der Waals surface area contributed by atoms with Crippen molar-refractivity contribution in [2.45, 2.75) is 19.1 Å². The number of fused-ring (bicyclic) bond motifs is 1. The number of urea groups is 1. The van der Waals surface area contributed by atoms with E-state index in [0.29, 0.717) is 31.3 Å². The molecule has 1 fully saturated rings. The van der Waals surface area contributed by atoms with Gasteiger partial charge in [-0.1, -0.05) is 6.07 Å². The smallest absolute Gasteiger partial charge is 0.317 e. The van der Waals surface area contributed by atoms with Crippen LogP contribution in [0.4, 0.5) is 10.6 Å². The van der Waals surface area contributed by atoms with Crippen molar-refractivity contribution in [3.63, 3.8) is 0 Å². The van der Waals surface area contributed by atoms with Gasteiger partial charge in [0.25, 0.3) is 0 Å². The van der Waals surface area contributed by atoms with Crippen LogP contribution in [0.3, 0.4) is 0 Å². The van der Waals surface area contributed by atoms with Crippen LogP contribution in [0.5, 0.6) is 17.4 Å². The summed E-state index contributed by atoms with van der Waals surface area (Å²) in [7, 11) is 3.81. The van der Waals surface area contributed by atoms with Gasteiger partial charge in [-0.25, -0.2) is 4.79 Å². The first kappa shape index (κ1) is 18.1. The Kier molecular flexibility index (Phi) is 5.05. The molecule has 1 saturated heterocycles. The average Bonchev–Trinajstić information content (AvgIpc) is 3.35. The van der Waals surface area contributed by atoms with Gasteiger partial charge in [-0.3, -0.25) is 0 Å². The molecule has 2 aliphatic heterocycles. The Labute approximate surface area is 163 Å². The summed E-state index contributed by atoms with van der Waals surface area (Å²) in [4.78, 5) is 16.1. The number of nitrogens with one attached hydrogen (secondary N) is 1. The van der Waals surface area contributed by atoms with E-state index in [4.69, 9.17) is 14.2 Å². The number of hydrogen-bond donors (Lipinski definition) is 1. The van der Waals surface area contributed by atoms with Gasteiger partial charge in [-0.2, -0.15) is 0 Å². The third-order valence-corrected chi connectivity index (χ3v) is 4.68. The summed E-state index contributed by atoms with van der Waals surface area (Å²) in [6.45, 7) is 1.82. The second kappa shape index (κ2) is 7.79. The van der Waals surface area contributed by atoms with Crippen LogP contribution in [0, 0.1) is 0 Å². The Morgan fingerprint density at radius 1 is 1.25 bits per heavy atom. The SMILES string of the molecule is CN(C)c1ccc(O[C@@H]2CCN(C(=O)NCc3ccc4c(c3)OCO4)C2)nn1. The molecule has 1 atom stereocenters. The van der Waals surface area contributed by atoms with Crippen molar-refractivity contribution in [1.29, 1.82) is 0 Å². The number of rotatable bonds is 5. The largest absolute Gasteiger partial charge is 0.471 e. The van der Waals surface area contributed by atoms with Gasteiger partial charge in [0.2, 0.25) is 12.7 Å². The molecule has 9 heteroatoms. The van der Waals surface area contributed by atoms with E-state index in [9.17, 15) is 4.79 Å². The van der Waals surface area contributed by atoms with Gasteiger partial charge in [0.05, 0.1) is 6.54 Å². The molecular weight excluding hydrogens is 362 g/mol. The van der Waals surface area contributed by atoms with Crippen molar-refractivity contribution >= 4 is 11.8 Å². The second-order valence-corrected chi connectivity index (χ2v) is 6.95. The van der Waals surface area contributed by atoms with Crippen LogP contribution in [0.1, 0.15) is 12.0 Å². The van der Waals surface area contributed by atoms with Gasteiger partial charge in [0, 0.05) is 39.7 Å². The molecule has 0 bridgehead atoms. The normalized spacial score (nSPS) is 17.5. The minimum atomic E-state index is -0.113. The number of ether oxygens (including phenoxy) is 3. The maximum Gasteiger partial charge on any atom is 0.317 e. The van der Waals surface area contributed by atoms with Crippen LogP contribution < -0.4 is 24.4 Å². The molecule has 2 amide bonds. The maximum atomic E-state index is 12.4. The first-order chi connectivity index (χ1) is 13.6. The molecule has 3 heterocycles. The summed E-state index contributed by atoms with van der Waals surface area (Å²) in [6.07, 6.45) is 0.671. The Bertz CT molecular complexity index is 843. The maximum absolute atomic E-state index is 12.4. The lowest BCUT2D eigenvalue weighted by atomic mass is 10.2. The van der Waals surface area contributed by atoms with Crippen molar-refractivity contribution in [3.8, 4) is 17.4 Å². The van der Waals surface area contributed by atoms with Crippen molar-refractivity contribution < 1.29 is 19.0 Å². The van der Waals surface area contributed by atoms with Crippen LogP contribution >= 0.6 is 0 Å². The molecule has 2 aromatic rings. The van der Waals surface area contributed by atoms with E-state index < -0.39 is 0 Å². The molecule has 0 aliphatic carbocycles. The summed E-state index contributed by atoms with van der Waals surface area (Å²) >= 11 is 0. The topological polar surface area (TPSA) is 89.1 Å². The fourth-order valence-electron chi connectivity index (χ4n) is 3.13. The molecule has 2 aliphatic rings. The number of hydrogen-bond acceptors (Lipinski definition) is 7. The lowest BCUT2D eigenvalue weighted by Gasteiger charge is -2.18. The molecule has 4 rings (SSSR count). The summed E-state index contributed by atoms with van der Waals surface area (Å²) in [5, 5.41) is 11.1. The van der Waals surface area contributed by atoms with E-state index >= 15 is 0 Å². The standard InChI is InChI=1S/C19H23N5O4/c1-23(2)17-5-6-18(22-21-17)28-14-7-8-24(11-14)19(25)20-10-13-3-4-15-16(9-13)27-12-26-15/h3-6,9,14H,7-8,10-12H2,1-2H3,(H,20,25)/t14-/m1/s1. The molecule has 0 saturated carbocycles. The van der Waals surface area contributed by atoms with E-state index in [0.717, 1.165) is 23.6 Å². The summed E-state index contributed by atoms with van der Waals surface area (Å²) in [6, 6.07) is 9.19. The third kappa shape index (κ3) is 4.03. The Hall–Kier alpha value is -3.23. The zero-order valence-electron chi connectivity index (χ0n) is 15.9. The number of anilines is 1. The lowest BCUT2D eigenvalue weighted by Crippen LogP contribution is -2.39.